The second kappa shape index (κ2) is 7.66. The molecule has 0 aliphatic carbocycles. The smallest absolute Gasteiger partial charge is 0.239 e. The molecule has 0 N–H and O–H groups in total. The quantitative estimate of drug-likeness (QED) is 0.615. The van der Waals surface area contributed by atoms with E-state index in [0.717, 1.165) is 16.7 Å². The minimum atomic E-state index is 0.0775. The number of hydrogen-bond acceptors (Lipinski definition) is 4. The zero-order valence-electron chi connectivity index (χ0n) is 14.7. The van der Waals surface area contributed by atoms with Gasteiger partial charge in [-0.05, 0) is 43.0 Å². The molecule has 1 heterocycles. The average Bonchev–Trinajstić information content (AvgIpc) is 2.92. The van der Waals surface area contributed by atoms with Gasteiger partial charge in [0.05, 0.1) is 18.5 Å². The van der Waals surface area contributed by atoms with Crippen molar-refractivity contribution in [3.63, 3.8) is 0 Å². The lowest BCUT2D eigenvalue weighted by atomic mass is 10.1. The summed E-state index contributed by atoms with van der Waals surface area (Å²) in [5.74, 6) is 0.498. The summed E-state index contributed by atoms with van der Waals surface area (Å²) in [5.41, 5.74) is 5.72. The molecule has 25 heavy (non-hydrogen) atoms. The molecule has 4 nitrogen and oxygen atoms in total. The van der Waals surface area contributed by atoms with Gasteiger partial charge in [-0.15, -0.1) is 5.10 Å². The van der Waals surface area contributed by atoms with Crippen LogP contribution in [-0.4, -0.2) is 27.9 Å². The van der Waals surface area contributed by atoms with Crippen molar-refractivity contribution in [3.8, 4) is 0 Å². The summed E-state index contributed by atoms with van der Waals surface area (Å²) in [7, 11) is 0. The first-order valence-corrected chi connectivity index (χ1v) is 9.19. The third kappa shape index (κ3) is 4.17. The maximum absolute atomic E-state index is 12.2. The molecular formula is C20H21N3OS. The molecule has 0 unspecified atom stereocenters. The fourth-order valence-corrected chi connectivity index (χ4v) is 3.53. The van der Waals surface area contributed by atoms with Crippen LogP contribution in [0.5, 0.6) is 0 Å². The van der Waals surface area contributed by atoms with Gasteiger partial charge in [0, 0.05) is 0 Å². The van der Waals surface area contributed by atoms with Gasteiger partial charge >= 0.3 is 0 Å². The number of amidine groups is 1. The first-order chi connectivity index (χ1) is 12.0. The Hall–Kier alpha value is -2.40. The molecule has 1 fully saturated rings. The lowest BCUT2D eigenvalue weighted by Gasteiger charge is -2.16. The van der Waals surface area contributed by atoms with Crippen molar-refractivity contribution < 1.29 is 4.79 Å². The van der Waals surface area contributed by atoms with Gasteiger partial charge in [0.25, 0.3) is 0 Å². The van der Waals surface area contributed by atoms with Gasteiger partial charge in [-0.3, -0.25) is 9.69 Å². The second-order valence-corrected chi connectivity index (χ2v) is 7.12. The Balaban J connectivity index is 1.78. The number of carbonyl (C=O) groups excluding carboxylic acids is 1. The maximum Gasteiger partial charge on any atom is 0.239 e. The molecule has 1 amide bonds. The number of carbonyl (C=O) groups is 1. The monoisotopic (exact) mass is 351 g/mol. The number of rotatable bonds is 4. The summed E-state index contributed by atoms with van der Waals surface area (Å²) in [6, 6.07) is 14.3. The fourth-order valence-electron chi connectivity index (χ4n) is 2.70. The molecule has 128 valence electrons. The highest BCUT2D eigenvalue weighted by Gasteiger charge is 2.28. The molecule has 0 spiro atoms. The first-order valence-electron chi connectivity index (χ1n) is 8.20. The first kappa shape index (κ1) is 17.4. The van der Waals surface area contributed by atoms with Crippen LogP contribution in [0, 0.1) is 20.8 Å². The van der Waals surface area contributed by atoms with E-state index < -0.39 is 0 Å². The highest BCUT2D eigenvalue weighted by atomic mass is 32.2. The predicted octanol–water partition coefficient (Wildman–Crippen LogP) is 4.08. The molecule has 0 radical (unpaired) electrons. The zero-order chi connectivity index (χ0) is 17.8. The third-order valence-corrected chi connectivity index (χ3v) is 5.16. The average molecular weight is 351 g/mol. The number of benzene rings is 2. The third-order valence-electron chi connectivity index (χ3n) is 4.21. The molecule has 0 saturated carbocycles. The second-order valence-electron chi connectivity index (χ2n) is 6.18. The van der Waals surface area contributed by atoms with Gasteiger partial charge in [0.1, 0.15) is 0 Å². The minimum Gasteiger partial charge on any atom is -0.285 e. The highest BCUT2D eigenvalue weighted by molar-refractivity contribution is 8.15. The zero-order valence-corrected chi connectivity index (χ0v) is 15.5. The van der Waals surface area contributed by atoms with Crippen LogP contribution in [0.15, 0.2) is 52.7 Å². The Morgan fingerprint density at radius 1 is 1.12 bits per heavy atom. The fraction of sp³-hybridized carbons (Fsp3) is 0.250. The van der Waals surface area contributed by atoms with Crippen molar-refractivity contribution in [2.45, 2.75) is 27.3 Å². The van der Waals surface area contributed by atoms with E-state index in [4.69, 9.17) is 0 Å². The largest absolute Gasteiger partial charge is 0.285 e. The van der Waals surface area contributed by atoms with E-state index in [1.165, 1.54) is 22.9 Å². The van der Waals surface area contributed by atoms with Crippen LogP contribution >= 0.6 is 11.8 Å². The maximum atomic E-state index is 12.2. The number of nitrogens with zero attached hydrogens (tertiary/aromatic N) is 3. The van der Waals surface area contributed by atoms with Crippen molar-refractivity contribution in [1.29, 1.82) is 0 Å². The van der Waals surface area contributed by atoms with Crippen molar-refractivity contribution in [3.05, 3.63) is 70.3 Å². The summed E-state index contributed by atoms with van der Waals surface area (Å²) in [4.78, 5) is 13.9. The predicted molar refractivity (Wildman–Crippen MR) is 105 cm³/mol. The summed E-state index contributed by atoms with van der Waals surface area (Å²) < 4.78 is 0. The van der Waals surface area contributed by atoms with Crippen LogP contribution in [0.3, 0.4) is 0 Å². The molecule has 1 saturated heterocycles. The van der Waals surface area contributed by atoms with Crippen LogP contribution in [0.25, 0.3) is 0 Å². The number of aryl methyl sites for hydroxylation is 3. The van der Waals surface area contributed by atoms with Crippen molar-refractivity contribution >= 4 is 29.1 Å². The number of thioether (sulfide) groups is 1. The number of amides is 1. The van der Waals surface area contributed by atoms with Gasteiger partial charge in [-0.25, -0.2) is 0 Å². The lowest BCUT2D eigenvalue weighted by Crippen LogP contribution is -2.29. The molecule has 5 heteroatoms. The van der Waals surface area contributed by atoms with E-state index >= 15 is 0 Å². The highest BCUT2D eigenvalue weighted by Crippen LogP contribution is 2.23. The van der Waals surface area contributed by atoms with E-state index in [1.807, 2.05) is 24.3 Å². The van der Waals surface area contributed by atoms with Gasteiger partial charge in [0.15, 0.2) is 5.17 Å². The Morgan fingerprint density at radius 2 is 1.92 bits per heavy atom. The van der Waals surface area contributed by atoms with Gasteiger partial charge in [-0.1, -0.05) is 59.8 Å². The molecule has 0 atom stereocenters. The molecule has 2 aromatic carbocycles. The molecule has 1 aliphatic rings. The van der Waals surface area contributed by atoms with Crippen molar-refractivity contribution in [2.75, 3.05) is 5.75 Å². The molecule has 3 rings (SSSR count). The standard InChI is InChI=1S/C20H21N3OS/c1-14-8-9-17(16(3)10-14)11-21-22-20-23(19(24)13-25-20)12-18-7-5-4-6-15(18)2/h4-11H,12-13H2,1-3H3/b21-11+,22-20+. The van der Waals surface area contributed by atoms with E-state index in [2.05, 4.69) is 49.2 Å². The van der Waals surface area contributed by atoms with Gasteiger partial charge in [-0.2, -0.15) is 5.10 Å². The van der Waals surface area contributed by atoms with Crippen LogP contribution in [0.4, 0.5) is 0 Å². The summed E-state index contributed by atoms with van der Waals surface area (Å²) in [6.45, 7) is 6.72. The summed E-state index contributed by atoms with van der Waals surface area (Å²) in [5, 5.41) is 9.17. The van der Waals surface area contributed by atoms with Gasteiger partial charge in [0.2, 0.25) is 5.91 Å². The molecular weight excluding hydrogens is 330 g/mol. The van der Waals surface area contributed by atoms with Crippen molar-refractivity contribution in [1.82, 2.24) is 4.90 Å². The Kier molecular flexibility index (Phi) is 5.34. The Labute approximate surface area is 152 Å². The van der Waals surface area contributed by atoms with E-state index in [-0.39, 0.29) is 5.91 Å². The summed E-state index contributed by atoms with van der Waals surface area (Å²) in [6.07, 6.45) is 1.75. The van der Waals surface area contributed by atoms with Crippen LogP contribution in [0.2, 0.25) is 0 Å². The summed E-state index contributed by atoms with van der Waals surface area (Å²) >= 11 is 1.44. The molecule has 1 aliphatic heterocycles. The van der Waals surface area contributed by atoms with Crippen LogP contribution in [0.1, 0.15) is 27.8 Å². The SMILES string of the molecule is Cc1ccc(/C=N/N=C2/SCC(=O)N2Cc2ccccc2C)c(C)c1. The van der Waals surface area contributed by atoms with E-state index in [9.17, 15) is 4.79 Å². The molecule has 0 aromatic heterocycles. The topological polar surface area (TPSA) is 45.0 Å². The Morgan fingerprint density at radius 3 is 2.68 bits per heavy atom. The number of hydrogen-bond donors (Lipinski definition) is 0. The van der Waals surface area contributed by atoms with Crippen molar-refractivity contribution in [2.24, 2.45) is 10.2 Å². The van der Waals surface area contributed by atoms with Crippen LogP contribution < -0.4 is 0 Å². The minimum absolute atomic E-state index is 0.0775. The van der Waals surface area contributed by atoms with E-state index in [0.29, 0.717) is 17.5 Å². The molecule has 2 aromatic rings. The Bertz CT molecular complexity index is 858. The normalized spacial score (nSPS) is 16.4. The molecule has 0 bridgehead atoms. The van der Waals surface area contributed by atoms with Crippen LogP contribution in [-0.2, 0) is 11.3 Å². The van der Waals surface area contributed by atoms with Gasteiger partial charge < -0.3 is 0 Å². The van der Waals surface area contributed by atoms with E-state index in [1.54, 1.807) is 11.1 Å². The lowest BCUT2D eigenvalue weighted by molar-refractivity contribution is -0.124.